The molecule has 0 fully saturated rings. The van der Waals surface area contributed by atoms with Gasteiger partial charge in [0.1, 0.15) is 11.5 Å². The van der Waals surface area contributed by atoms with Crippen molar-refractivity contribution in [2.75, 3.05) is 26.8 Å². The maximum Gasteiger partial charge on any atom is 0.243 e. The molecule has 36 heavy (non-hydrogen) atoms. The normalized spacial score (nSPS) is 12.2. The molecule has 0 saturated carbocycles. The third-order valence-electron chi connectivity index (χ3n) is 5.93. The van der Waals surface area contributed by atoms with Crippen LogP contribution in [0.1, 0.15) is 43.4 Å². The number of rotatable bonds is 11. The molecule has 3 aromatic rings. The SMILES string of the molecule is COCCN(CC(=O)N(Cc1ccccc1)Cc1ccc(C)o1)S(=O)(=O)c1ccc(C(C)(C)C)cc1. The van der Waals surface area contributed by atoms with Crippen molar-refractivity contribution in [3.05, 3.63) is 89.4 Å². The van der Waals surface area contributed by atoms with Gasteiger partial charge in [0.05, 0.1) is 24.6 Å². The van der Waals surface area contributed by atoms with Crippen LogP contribution in [0.3, 0.4) is 0 Å². The van der Waals surface area contributed by atoms with E-state index in [0.717, 1.165) is 16.9 Å². The van der Waals surface area contributed by atoms with E-state index < -0.39 is 10.0 Å². The molecule has 0 aliphatic rings. The van der Waals surface area contributed by atoms with E-state index >= 15 is 0 Å². The predicted octanol–water partition coefficient (Wildman–Crippen LogP) is 4.75. The third kappa shape index (κ3) is 7.29. The Morgan fingerprint density at radius 2 is 1.61 bits per heavy atom. The quantitative estimate of drug-likeness (QED) is 0.370. The first kappa shape index (κ1) is 27.6. The lowest BCUT2D eigenvalue weighted by molar-refractivity contribution is -0.133. The molecule has 2 aromatic carbocycles. The molecule has 0 bridgehead atoms. The molecule has 0 N–H and O–H groups in total. The smallest absolute Gasteiger partial charge is 0.243 e. The maximum atomic E-state index is 13.6. The average molecular weight is 513 g/mol. The zero-order valence-corrected chi connectivity index (χ0v) is 22.5. The Labute approximate surface area is 214 Å². The second-order valence-electron chi connectivity index (χ2n) is 9.85. The summed E-state index contributed by atoms with van der Waals surface area (Å²) >= 11 is 0. The topological polar surface area (TPSA) is 80.1 Å². The Morgan fingerprint density at radius 1 is 0.944 bits per heavy atom. The number of ether oxygens (including phenoxy) is 1. The lowest BCUT2D eigenvalue weighted by Crippen LogP contribution is -2.43. The van der Waals surface area contributed by atoms with Crippen LogP contribution in [0.15, 0.2) is 76.0 Å². The van der Waals surface area contributed by atoms with Crippen LogP contribution in [0.4, 0.5) is 0 Å². The fraction of sp³-hybridized carbons (Fsp3) is 0.393. The summed E-state index contributed by atoms with van der Waals surface area (Å²) in [7, 11) is -2.42. The van der Waals surface area contributed by atoms with Crippen LogP contribution in [-0.4, -0.2) is 50.3 Å². The van der Waals surface area contributed by atoms with E-state index in [1.807, 2.05) is 61.5 Å². The van der Waals surface area contributed by atoms with E-state index in [1.165, 1.54) is 11.4 Å². The highest BCUT2D eigenvalue weighted by Crippen LogP contribution is 2.25. The van der Waals surface area contributed by atoms with E-state index in [9.17, 15) is 13.2 Å². The van der Waals surface area contributed by atoms with Crippen LogP contribution in [0.25, 0.3) is 0 Å². The highest BCUT2D eigenvalue weighted by Gasteiger charge is 2.29. The molecule has 0 saturated heterocycles. The maximum absolute atomic E-state index is 13.6. The largest absolute Gasteiger partial charge is 0.464 e. The van der Waals surface area contributed by atoms with E-state index in [-0.39, 0.29) is 42.5 Å². The number of nitrogens with zero attached hydrogens (tertiary/aromatic N) is 2. The van der Waals surface area contributed by atoms with E-state index in [0.29, 0.717) is 12.3 Å². The van der Waals surface area contributed by atoms with Crippen LogP contribution in [-0.2, 0) is 38.1 Å². The first-order valence-corrected chi connectivity index (χ1v) is 13.4. The second kappa shape index (κ2) is 11.9. The lowest BCUT2D eigenvalue weighted by atomic mass is 9.87. The number of sulfonamides is 1. The highest BCUT2D eigenvalue weighted by atomic mass is 32.2. The number of aryl methyl sites for hydroxylation is 1. The van der Waals surface area contributed by atoms with Gasteiger partial charge in [0, 0.05) is 20.2 Å². The predicted molar refractivity (Wildman–Crippen MR) is 140 cm³/mol. The zero-order valence-electron chi connectivity index (χ0n) is 21.7. The molecule has 194 valence electrons. The van der Waals surface area contributed by atoms with E-state index in [2.05, 4.69) is 20.8 Å². The first-order chi connectivity index (χ1) is 17.0. The van der Waals surface area contributed by atoms with Crippen molar-refractivity contribution in [2.45, 2.75) is 51.1 Å². The molecule has 0 atom stereocenters. The third-order valence-corrected chi connectivity index (χ3v) is 7.79. The number of amides is 1. The van der Waals surface area contributed by atoms with Crippen LogP contribution >= 0.6 is 0 Å². The Morgan fingerprint density at radius 3 is 2.17 bits per heavy atom. The van der Waals surface area contributed by atoms with Crippen molar-refractivity contribution in [1.29, 1.82) is 0 Å². The summed E-state index contributed by atoms with van der Waals surface area (Å²) in [5, 5.41) is 0. The molecule has 1 aromatic heterocycles. The Kier molecular flexibility index (Phi) is 9.11. The van der Waals surface area contributed by atoms with Crippen molar-refractivity contribution in [2.24, 2.45) is 0 Å². The molecular formula is C28H36N2O5S. The molecule has 0 spiro atoms. The minimum atomic E-state index is -3.92. The first-order valence-electron chi connectivity index (χ1n) is 12.0. The number of methoxy groups -OCH3 is 1. The van der Waals surface area contributed by atoms with Gasteiger partial charge in [0.2, 0.25) is 15.9 Å². The Balaban J connectivity index is 1.86. The van der Waals surface area contributed by atoms with Crippen LogP contribution < -0.4 is 0 Å². The van der Waals surface area contributed by atoms with Crippen molar-refractivity contribution < 1.29 is 22.4 Å². The lowest BCUT2D eigenvalue weighted by Gasteiger charge is -2.27. The van der Waals surface area contributed by atoms with Gasteiger partial charge in [-0.2, -0.15) is 4.31 Å². The molecule has 0 aliphatic heterocycles. The minimum Gasteiger partial charge on any atom is -0.464 e. The van der Waals surface area contributed by atoms with E-state index in [1.54, 1.807) is 17.0 Å². The molecule has 8 heteroatoms. The van der Waals surface area contributed by atoms with Gasteiger partial charge in [-0.15, -0.1) is 0 Å². The molecule has 1 heterocycles. The summed E-state index contributed by atoms with van der Waals surface area (Å²) in [4.78, 5) is 15.3. The van der Waals surface area contributed by atoms with Gasteiger partial charge in [0.25, 0.3) is 0 Å². The molecule has 0 unspecified atom stereocenters. The summed E-state index contributed by atoms with van der Waals surface area (Å²) < 4.78 is 39.2. The fourth-order valence-corrected chi connectivity index (χ4v) is 5.17. The van der Waals surface area contributed by atoms with Crippen molar-refractivity contribution in [3.8, 4) is 0 Å². The van der Waals surface area contributed by atoms with Crippen LogP contribution in [0, 0.1) is 6.92 Å². The summed E-state index contributed by atoms with van der Waals surface area (Å²) in [5.74, 6) is 1.07. The Hall–Kier alpha value is -2.94. The zero-order chi connectivity index (χ0) is 26.3. The minimum absolute atomic E-state index is 0.0602. The van der Waals surface area contributed by atoms with Gasteiger partial charge in [0.15, 0.2) is 0 Å². The van der Waals surface area contributed by atoms with Gasteiger partial charge >= 0.3 is 0 Å². The standard InChI is InChI=1S/C28H36N2O5S/c1-22-11-14-25(35-22)20-29(19-23-9-7-6-8-10-23)27(31)21-30(17-18-34-5)36(32,33)26-15-12-24(13-16-26)28(2,3)4/h6-16H,17-21H2,1-5H3. The van der Waals surface area contributed by atoms with Gasteiger partial charge < -0.3 is 14.1 Å². The summed E-state index contributed by atoms with van der Waals surface area (Å²) in [6.07, 6.45) is 0. The van der Waals surface area contributed by atoms with Crippen LogP contribution in [0.2, 0.25) is 0 Å². The second-order valence-corrected chi connectivity index (χ2v) is 11.8. The van der Waals surface area contributed by atoms with Gasteiger partial charge in [-0.05, 0) is 47.7 Å². The van der Waals surface area contributed by atoms with E-state index in [4.69, 9.17) is 9.15 Å². The van der Waals surface area contributed by atoms with Crippen molar-refractivity contribution in [1.82, 2.24) is 9.21 Å². The van der Waals surface area contributed by atoms with Crippen LogP contribution in [0.5, 0.6) is 0 Å². The summed E-state index contributed by atoms with van der Waals surface area (Å²) in [5.41, 5.74) is 1.87. The molecule has 7 nitrogen and oxygen atoms in total. The van der Waals surface area contributed by atoms with Crippen molar-refractivity contribution >= 4 is 15.9 Å². The number of carbonyl (C=O) groups excluding carboxylic acids is 1. The summed E-state index contributed by atoms with van der Waals surface area (Å²) in [6.45, 7) is 8.55. The molecule has 3 rings (SSSR count). The number of furan rings is 1. The molecule has 0 radical (unpaired) electrons. The molecular weight excluding hydrogens is 476 g/mol. The fourth-order valence-electron chi connectivity index (χ4n) is 3.80. The average Bonchev–Trinajstić information content (AvgIpc) is 3.25. The molecule has 0 aliphatic carbocycles. The number of hydrogen-bond donors (Lipinski definition) is 0. The summed E-state index contributed by atoms with van der Waals surface area (Å²) in [6, 6.07) is 20.1. The Bertz CT molecular complexity index is 1230. The number of hydrogen-bond acceptors (Lipinski definition) is 5. The van der Waals surface area contributed by atoms with Gasteiger partial charge in [-0.25, -0.2) is 8.42 Å². The number of carbonyl (C=O) groups is 1. The van der Waals surface area contributed by atoms with Gasteiger partial charge in [-0.1, -0.05) is 63.2 Å². The highest BCUT2D eigenvalue weighted by molar-refractivity contribution is 7.89. The number of benzene rings is 2. The van der Waals surface area contributed by atoms with Gasteiger partial charge in [-0.3, -0.25) is 4.79 Å². The molecule has 1 amide bonds. The monoisotopic (exact) mass is 512 g/mol. The van der Waals surface area contributed by atoms with Crippen molar-refractivity contribution in [3.63, 3.8) is 0 Å².